The van der Waals surface area contributed by atoms with Crippen LogP contribution in [-0.2, 0) is 10.0 Å². The van der Waals surface area contributed by atoms with E-state index < -0.39 is 10.0 Å². The Bertz CT molecular complexity index is 438. The molecule has 0 aromatic heterocycles. The Labute approximate surface area is 113 Å². The highest BCUT2D eigenvalue weighted by Crippen LogP contribution is 2.19. The van der Waals surface area contributed by atoms with Crippen LogP contribution < -0.4 is 10.0 Å². The summed E-state index contributed by atoms with van der Waals surface area (Å²) in [4.78, 5) is 0.126. The summed E-state index contributed by atoms with van der Waals surface area (Å²) in [5.74, 6) is 0. The smallest absolute Gasteiger partial charge is 0.242 e. The first-order chi connectivity index (χ1) is 7.58. The Hall–Kier alpha value is -0.330. The molecule has 0 atom stereocenters. The largest absolute Gasteiger partial charge is 0.320 e. The first-order valence-corrected chi connectivity index (χ1v) is 6.83. The summed E-state index contributed by atoms with van der Waals surface area (Å²) in [5, 5.41) is 3.18. The van der Waals surface area contributed by atoms with Crippen LogP contribution in [-0.4, -0.2) is 28.6 Å². The van der Waals surface area contributed by atoms with Crippen LogP contribution in [0, 0.1) is 0 Å². The van der Waals surface area contributed by atoms with Crippen molar-refractivity contribution in [3.05, 3.63) is 29.3 Å². The second kappa shape index (κ2) is 7.89. The fraction of sp³-hybridized carbons (Fsp3) is 0.400. The number of nitrogens with one attached hydrogen (secondary N) is 2. The van der Waals surface area contributed by atoms with E-state index in [1.165, 1.54) is 6.07 Å². The SMILES string of the molecule is CNCCCNS(=O)(=O)c1ccccc1Cl.Cl. The van der Waals surface area contributed by atoms with Crippen molar-refractivity contribution in [1.82, 2.24) is 10.0 Å². The van der Waals surface area contributed by atoms with Crippen molar-refractivity contribution in [3.8, 4) is 0 Å². The molecule has 0 spiro atoms. The molecule has 0 bridgehead atoms. The average Bonchev–Trinajstić information content (AvgIpc) is 2.25. The highest BCUT2D eigenvalue weighted by atomic mass is 35.5. The molecule has 7 heteroatoms. The predicted octanol–water partition coefficient (Wildman–Crippen LogP) is 1.65. The van der Waals surface area contributed by atoms with Crippen LogP contribution >= 0.6 is 24.0 Å². The van der Waals surface area contributed by atoms with Gasteiger partial charge in [0, 0.05) is 6.54 Å². The minimum absolute atomic E-state index is 0. The van der Waals surface area contributed by atoms with E-state index in [4.69, 9.17) is 11.6 Å². The van der Waals surface area contributed by atoms with Crippen molar-refractivity contribution in [1.29, 1.82) is 0 Å². The van der Waals surface area contributed by atoms with Crippen molar-refractivity contribution in [2.45, 2.75) is 11.3 Å². The zero-order valence-corrected chi connectivity index (χ0v) is 11.8. The van der Waals surface area contributed by atoms with Crippen LogP contribution in [0.4, 0.5) is 0 Å². The lowest BCUT2D eigenvalue weighted by Gasteiger charge is -2.07. The Morgan fingerprint density at radius 2 is 1.88 bits per heavy atom. The van der Waals surface area contributed by atoms with E-state index in [1.807, 2.05) is 7.05 Å². The molecule has 0 amide bonds. The van der Waals surface area contributed by atoms with Gasteiger partial charge in [0.05, 0.1) is 5.02 Å². The van der Waals surface area contributed by atoms with Crippen LogP contribution in [0.25, 0.3) is 0 Å². The number of rotatable bonds is 6. The van der Waals surface area contributed by atoms with E-state index in [9.17, 15) is 8.42 Å². The van der Waals surface area contributed by atoms with Gasteiger partial charge in [-0.3, -0.25) is 0 Å². The van der Waals surface area contributed by atoms with Gasteiger partial charge in [0.2, 0.25) is 10.0 Å². The number of halogens is 2. The molecule has 1 aromatic rings. The molecule has 1 aromatic carbocycles. The topological polar surface area (TPSA) is 58.2 Å². The normalized spacial score (nSPS) is 10.9. The minimum Gasteiger partial charge on any atom is -0.320 e. The maximum absolute atomic E-state index is 11.8. The van der Waals surface area contributed by atoms with Crippen LogP contribution in [0.3, 0.4) is 0 Å². The Kier molecular flexibility index (Phi) is 7.74. The summed E-state index contributed by atoms with van der Waals surface area (Å²) in [6.07, 6.45) is 0.736. The van der Waals surface area contributed by atoms with Crippen molar-refractivity contribution >= 4 is 34.0 Å². The monoisotopic (exact) mass is 298 g/mol. The van der Waals surface area contributed by atoms with Crippen LogP contribution in [0.5, 0.6) is 0 Å². The van der Waals surface area contributed by atoms with Crippen molar-refractivity contribution < 1.29 is 8.42 Å². The molecule has 0 heterocycles. The molecule has 4 nitrogen and oxygen atoms in total. The van der Waals surface area contributed by atoms with Gasteiger partial charge < -0.3 is 5.32 Å². The number of benzene rings is 1. The zero-order valence-electron chi connectivity index (χ0n) is 9.44. The summed E-state index contributed by atoms with van der Waals surface area (Å²) in [6.45, 7) is 1.17. The molecule has 0 saturated carbocycles. The predicted molar refractivity (Wildman–Crippen MR) is 72.4 cm³/mol. The summed E-state index contributed by atoms with van der Waals surface area (Å²) in [6, 6.07) is 6.39. The van der Waals surface area contributed by atoms with Crippen LogP contribution in [0.1, 0.15) is 6.42 Å². The quantitative estimate of drug-likeness (QED) is 0.785. The third-order valence-electron chi connectivity index (χ3n) is 2.02. The maximum atomic E-state index is 11.8. The van der Waals surface area contributed by atoms with Gasteiger partial charge in [-0.05, 0) is 32.1 Å². The van der Waals surface area contributed by atoms with Gasteiger partial charge in [-0.1, -0.05) is 23.7 Å². The zero-order chi connectivity index (χ0) is 12.0. The molecular formula is C10H16Cl2N2O2S. The second-order valence-corrected chi connectivity index (χ2v) is 5.43. The lowest BCUT2D eigenvalue weighted by atomic mass is 10.4. The van der Waals surface area contributed by atoms with Crippen LogP contribution in [0.15, 0.2) is 29.2 Å². The summed E-state index contributed by atoms with van der Waals surface area (Å²) in [5.41, 5.74) is 0. The van der Waals surface area contributed by atoms with E-state index in [0.29, 0.717) is 6.54 Å². The Balaban J connectivity index is 0.00000256. The first kappa shape index (κ1) is 16.7. The standard InChI is InChI=1S/C10H15ClN2O2S.ClH/c1-12-7-4-8-13-16(14,15)10-6-3-2-5-9(10)11;/h2-3,5-6,12-13H,4,7-8H2,1H3;1H. The highest BCUT2D eigenvalue weighted by molar-refractivity contribution is 7.89. The molecule has 0 saturated heterocycles. The molecule has 0 radical (unpaired) electrons. The van der Waals surface area contributed by atoms with Gasteiger partial charge in [0.15, 0.2) is 0 Å². The van der Waals surface area contributed by atoms with E-state index in [2.05, 4.69) is 10.0 Å². The average molecular weight is 299 g/mol. The molecule has 0 unspecified atom stereocenters. The molecule has 0 fully saturated rings. The second-order valence-electron chi connectivity index (χ2n) is 3.29. The van der Waals surface area contributed by atoms with E-state index in [-0.39, 0.29) is 22.3 Å². The summed E-state index contributed by atoms with van der Waals surface area (Å²) < 4.78 is 26.1. The molecule has 0 aliphatic heterocycles. The van der Waals surface area contributed by atoms with Crippen LogP contribution in [0.2, 0.25) is 5.02 Å². The van der Waals surface area contributed by atoms with E-state index in [1.54, 1.807) is 18.2 Å². The van der Waals surface area contributed by atoms with Gasteiger partial charge in [0.25, 0.3) is 0 Å². The van der Waals surface area contributed by atoms with Gasteiger partial charge in [-0.15, -0.1) is 12.4 Å². The number of sulfonamides is 1. The van der Waals surface area contributed by atoms with Crippen molar-refractivity contribution in [3.63, 3.8) is 0 Å². The molecule has 0 aliphatic rings. The maximum Gasteiger partial charge on any atom is 0.242 e. The highest BCUT2D eigenvalue weighted by Gasteiger charge is 2.15. The third-order valence-corrected chi connectivity index (χ3v) is 3.98. The third kappa shape index (κ3) is 5.23. The lowest BCUT2D eigenvalue weighted by Crippen LogP contribution is -2.27. The van der Waals surface area contributed by atoms with E-state index >= 15 is 0 Å². The molecule has 17 heavy (non-hydrogen) atoms. The molecule has 0 aliphatic carbocycles. The first-order valence-electron chi connectivity index (χ1n) is 4.97. The fourth-order valence-electron chi connectivity index (χ4n) is 1.21. The van der Waals surface area contributed by atoms with Gasteiger partial charge in [-0.25, -0.2) is 13.1 Å². The molecule has 2 N–H and O–H groups in total. The van der Waals surface area contributed by atoms with Gasteiger partial charge in [-0.2, -0.15) is 0 Å². The number of hydrogen-bond donors (Lipinski definition) is 2. The summed E-state index contributed by atoms with van der Waals surface area (Å²) >= 11 is 5.82. The van der Waals surface area contributed by atoms with Gasteiger partial charge in [0.1, 0.15) is 4.90 Å². The van der Waals surface area contributed by atoms with Crippen molar-refractivity contribution in [2.75, 3.05) is 20.1 Å². The minimum atomic E-state index is -3.48. The molecule has 98 valence electrons. The number of hydrogen-bond acceptors (Lipinski definition) is 3. The summed E-state index contributed by atoms with van der Waals surface area (Å²) in [7, 11) is -1.66. The van der Waals surface area contributed by atoms with E-state index in [0.717, 1.165) is 13.0 Å². The molecular weight excluding hydrogens is 283 g/mol. The van der Waals surface area contributed by atoms with Crippen molar-refractivity contribution in [2.24, 2.45) is 0 Å². The fourth-order valence-corrected chi connectivity index (χ4v) is 2.80. The van der Waals surface area contributed by atoms with Gasteiger partial charge >= 0.3 is 0 Å². The lowest BCUT2D eigenvalue weighted by molar-refractivity contribution is 0.577. The molecule has 1 rings (SSSR count). The Morgan fingerprint density at radius 1 is 1.24 bits per heavy atom. The Morgan fingerprint density at radius 3 is 2.47 bits per heavy atom.